The van der Waals surface area contributed by atoms with E-state index in [0.29, 0.717) is 19.6 Å². The number of ether oxygens (including phenoxy) is 1. The molecule has 1 aromatic carbocycles. The fraction of sp³-hybridized carbons (Fsp3) is 0.286. The van der Waals surface area contributed by atoms with Crippen LogP contribution in [0.1, 0.15) is 32.1 Å². The number of nitrogens with zero attached hydrogens (tertiary/aromatic N) is 2. The second-order valence-electron chi connectivity index (χ2n) is 7.33. The molecule has 30 heavy (non-hydrogen) atoms. The summed E-state index contributed by atoms with van der Waals surface area (Å²) >= 11 is 1.56. The fourth-order valence-electron chi connectivity index (χ4n) is 3.94. The number of hydrogen-bond acceptors (Lipinski definition) is 6. The Kier molecular flexibility index (Phi) is 4.56. The lowest BCUT2D eigenvalue weighted by atomic mass is 10.1. The van der Waals surface area contributed by atoms with Crippen LogP contribution in [0.5, 0.6) is 5.75 Å². The van der Waals surface area contributed by atoms with Gasteiger partial charge in [0, 0.05) is 22.3 Å². The van der Waals surface area contributed by atoms with Crippen LogP contribution in [0.25, 0.3) is 10.1 Å². The van der Waals surface area contributed by atoms with Crippen molar-refractivity contribution in [3.63, 3.8) is 0 Å². The average Bonchev–Trinajstić information content (AvgIpc) is 3.17. The number of rotatable bonds is 3. The summed E-state index contributed by atoms with van der Waals surface area (Å²) in [5.41, 5.74) is -1.14. The van der Waals surface area contributed by atoms with Crippen molar-refractivity contribution < 1.29 is 19.4 Å². The lowest BCUT2D eigenvalue weighted by molar-refractivity contribution is -0.0920. The van der Waals surface area contributed by atoms with Gasteiger partial charge >= 0.3 is 0 Å². The molecule has 154 valence electrons. The summed E-state index contributed by atoms with van der Waals surface area (Å²) < 4.78 is 8.20. The third kappa shape index (κ3) is 3.06. The molecule has 0 bridgehead atoms. The number of carbonyl (C=O) groups excluding carboxylic acids is 2. The summed E-state index contributed by atoms with van der Waals surface area (Å²) in [6.45, 7) is 1.57. The zero-order valence-corrected chi connectivity index (χ0v) is 16.8. The first kappa shape index (κ1) is 18.8. The Labute approximate surface area is 175 Å². The molecule has 2 amide bonds. The summed E-state index contributed by atoms with van der Waals surface area (Å²) in [6, 6.07) is 9.90. The van der Waals surface area contributed by atoms with E-state index in [2.05, 4.69) is 5.32 Å². The molecule has 4 heterocycles. The van der Waals surface area contributed by atoms with Gasteiger partial charge in [-0.1, -0.05) is 18.2 Å². The van der Waals surface area contributed by atoms with E-state index in [1.54, 1.807) is 11.3 Å². The molecule has 1 fully saturated rings. The van der Waals surface area contributed by atoms with Crippen molar-refractivity contribution in [1.29, 1.82) is 0 Å². The van der Waals surface area contributed by atoms with Crippen molar-refractivity contribution in [2.24, 2.45) is 0 Å². The van der Waals surface area contributed by atoms with E-state index in [1.807, 2.05) is 30.3 Å². The van der Waals surface area contributed by atoms with Crippen LogP contribution in [0.15, 0.2) is 41.3 Å². The van der Waals surface area contributed by atoms with Crippen LogP contribution in [0.4, 0.5) is 0 Å². The number of hydrogen-bond donors (Lipinski definition) is 2. The highest BCUT2D eigenvalue weighted by Crippen LogP contribution is 2.27. The molecule has 2 aliphatic rings. The van der Waals surface area contributed by atoms with Gasteiger partial charge in [-0.15, -0.1) is 11.3 Å². The van der Waals surface area contributed by atoms with Crippen LogP contribution in [0.3, 0.4) is 0 Å². The summed E-state index contributed by atoms with van der Waals surface area (Å²) in [7, 11) is 0. The second kappa shape index (κ2) is 7.26. The van der Waals surface area contributed by atoms with Crippen molar-refractivity contribution >= 4 is 33.2 Å². The molecular weight excluding hydrogens is 406 g/mol. The number of thiophene rings is 1. The Hall–Kier alpha value is -3.17. The third-order valence-corrected chi connectivity index (χ3v) is 6.53. The predicted octanol–water partition coefficient (Wildman–Crippen LogP) is 1.90. The molecule has 9 heteroatoms. The first-order chi connectivity index (χ1) is 14.5. The van der Waals surface area contributed by atoms with Crippen molar-refractivity contribution in [1.82, 2.24) is 14.8 Å². The quantitative estimate of drug-likeness (QED) is 0.668. The summed E-state index contributed by atoms with van der Waals surface area (Å²) in [6.07, 6.45) is 1.58. The molecule has 1 saturated heterocycles. The third-order valence-electron chi connectivity index (χ3n) is 5.42. The Morgan fingerprint density at radius 3 is 2.97 bits per heavy atom. The average molecular weight is 425 g/mol. The number of benzene rings is 1. The normalized spacial score (nSPS) is 18.2. The monoisotopic (exact) mass is 425 g/mol. The maximum Gasteiger partial charge on any atom is 0.276 e. The number of fused-ring (bicyclic) bond motifs is 3. The van der Waals surface area contributed by atoms with Crippen LogP contribution >= 0.6 is 11.3 Å². The molecule has 3 aromatic rings. The highest BCUT2D eigenvalue weighted by Gasteiger charge is 2.38. The van der Waals surface area contributed by atoms with Crippen LogP contribution in [0.2, 0.25) is 0 Å². The van der Waals surface area contributed by atoms with Gasteiger partial charge in [0.2, 0.25) is 5.43 Å². The molecule has 2 aliphatic heterocycles. The number of nitrogens with one attached hydrogen (secondary N) is 1. The van der Waals surface area contributed by atoms with Crippen molar-refractivity contribution in [2.45, 2.75) is 25.7 Å². The molecule has 2 aromatic heterocycles. The Balaban J connectivity index is 1.42. The molecule has 0 aliphatic carbocycles. The Morgan fingerprint density at radius 1 is 1.30 bits per heavy atom. The second-order valence-corrected chi connectivity index (χ2v) is 8.50. The summed E-state index contributed by atoms with van der Waals surface area (Å²) in [5, 5.41) is 14.2. The van der Waals surface area contributed by atoms with Gasteiger partial charge in [-0.3, -0.25) is 14.4 Å². The molecule has 5 rings (SSSR count). The van der Waals surface area contributed by atoms with Gasteiger partial charge in [0.15, 0.2) is 17.7 Å². The number of pyridine rings is 1. The topological polar surface area (TPSA) is 101 Å². The zero-order chi connectivity index (χ0) is 20.8. The highest BCUT2D eigenvalue weighted by atomic mass is 32.1. The first-order valence-electron chi connectivity index (χ1n) is 9.67. The highest BCUT2D eigenvalue weighted by molar-refractivity contribution is 7.19. The molecular formula is C21H19N3O5S. The lowest BCUT2D eigenvalue weighted by Crippen LogP contribution is -2.53. The largest absolute Gasteiger partial charge is 0.503 e. The maximum atomic E-state index is 12.7. The lowest BCUT2D eigenvalue weighted by Gasteiger charge is -2.40. The van der Waals surface area contributed by atoms with Crippen molar-refractivity contribution in [2.75, 3.05) is 13.2 Å². The molecule has 1 unspecified atom stereocenters. The Bertz CT molecular complexity index is 1200. The molecule has 1 atom stereocenters. The van der Waals surface area contributed by atoms with E-state index in [4.69, 9.17) is 4.74 Å². The summed E-state index contributed by atoms with van der Waals surface area (Å²) in [5.74, 6) is -1.75. The fourth-order valence-corrected chi connectivity index (χ4v) is 4.95. The van der Waals surface area contributed by atoms with E-state index in [1.165, 1.54) is 15.7 Å². The standard InChI is InChI=1S/C21H19N3O5S/c25-18-14(20(27)22-9-13-8-12-4-1-2-5-15(12)30-13)10-23-11-16-24(6-3-7-29-16)21(28)17(23)19(18)26/h1-2,4-5,8,10,16,26H,3,6-7,9,11H2,(H,22,27). The maximum absolute atomic E-state index is 12.7. The van der Waals surface area contributed by atoms with E-state index < -0.39 is 29.2 Å². The van der Waals surface area contributed by atoms with E-state index in [-0.39, 0.29) is 24.3 Å². The smallest absolute Gasteiger partial charge is 0.276 e. The molecule has 8 nitrogen and oxygen atoms in total. The minimum Gasteiger partial charge on any atom is -0.503 e. The van der Waals surface area contributed by atoms with Crippen molar-refractivity contribution in [3.8, 4) is 5.75 Å². The number of aromatic hydroxyl groups is 1. The van der Waals surface area contributed by atoms with E-state index in [0.717, 1.165) is 15.0 Å². The van der Waals surface area contributed by atoms with Crippen LogP contribution < -0.4 is 10.7 Å². The predicted molar refractivity (Wildman–Crippen MR) is 111 cm³/mol. The van der Waals surface area contributed by atoms with Crippen molar-refractivity contribution in [3.05, 3.63) is 62.9 Å². The van der Waals surface area contributed by atoms with Gasteiger partial charge in [-0.25, -0.2) is 0 Å². The zero-order valence-electron chi connectivity index (χ0n) is 16.0. The SMILES string of the molecule is O=C(NCc1cc2ccccc2s1)c1cn2c(c(O)c1=O)C(=O)N1CCCOC1C2. The molecule has 0 saturated carbocycles. The molecule has 0 spiro atoms. The van der Waals surface area contributed by atoms with Crippen LogP contribution in [-0.2, 0) is 17.8 Å². The summed E-state index contributed by atoms with van der Waals surface area (Å²) in [4.78, 5) is 40.5. The van der Waals surface area contributed by atoms with Crippen LogP contribution in [0, 0.1) is 0 Å². The minimum absolute atomic E-state index is 0.0946. The van der Waals surface area contributed by atoms with E-state index >= 15 is 0 Å². The molecule has 0 radical (unpaired) electrons. The van der Waals surface area contributed by atoms with Gasteiger partial charge in [0.1, 0.15) is 5.56 Å². The van der Waals surface area contributed by atoms with Gasteiger partial charge in [0.25, 0.3) is 11.8 Å². The van der Waals surface area contributed by atoms with Gasteiger partial charge in [-0.2, -0.15) is 0 Å². The number of carbonyl (C=O) groups is 2. The number of amides is 2. The van der Waals surface area contributed by atoms with Gasteiger partial charge in [0.05, 0.1) is 19.7 Å². The Morgan fingerprint density at radius 2 is 2.13 bits per heavy atom. The van der Waals surface area contributed by atoms with Gasteiger partial charge in [-0.05, 0) is 23.9 Å². The first-order valence-corrected chi connectivity index (χ1v) is 10.5. The molecule has 2 N–H and O–H groups in total. The minimum atomic E-state index is -0.847. The number of aromatic nitrogens is 1. The van der Waals surface area contributed by atoms with E-state index in [9.17, 15) is 19.5 Å². The van der Waals surface area contributed by atoms with Crippen LogP contribution in [-0.4, -0.2) is 45.8 Å². The van der Waals surface area contributed by atoms with Gasteiger partial charge < -0.3 is 24.6 Å².